The van der Waals surface area contributed by atoms with Crippen LogP contribution in [-0.2, 0) is 6.54 Å². The normalized spacial score (nSPS) is 11.1. The van der Waals surface area contributed by atoms with Crippen molar-refractivity contribution in [2.24, 2.45) is 0 Å². The lowest BCUT2D eigenvalue weighted by Gasteiger charge is -2.09. The molecule has 2 aromatic heterocycles. The summed E-state index contributed by atoms with van der Waals surface area (Å²) < 4.78 is 16.1. The fourth-order valence-electron chi connectivity index (χ4n) is 2.69. The predicted molar refractivity (Wildman–Crippen MR) is 93.1 cm³/mol. The summed E-state index contributed by atoms with van der Waals surface area (Å²) in [6.07, 6.45) is 6.31. The van der Waals surface area contributed by atoms with Gasteiger partial charge >= 0.3 is 0 Å². The maximum absolute atomic E-state index is 14.5. The van der Waals surface area contributed by atoms with E-state index in [1.807, 2.05) is 6.07 Å². The summed E-state index contributed by atoms with van der Waals surface area (Å²) in [5.74, 6) is -0.0520. The molecule has 0 bridgehead atoms. The van der Waals surface area contributed by atoms with Gasteiger partial charge in [0.15, 0.2) is 5.82 Å². The van der Waals surface area contributed by atoms with Crippen molar-refractivity contribution in [3.63, 3.8) is 0 Å². The third-order valence-electron chi connectivity index (χ3n) is 3.99. The number of rotatable bonds is 5. The van der Waals surface area contributed by atoms with Crippen LogP contribution in [0.1, 0.15) is 26.2 Å². The quantitative estimate of drug-likeness (QED) is 0.730. The van der Waals surface area contributed by atoms with Gasteiger partial charge in [-0.05, 0) is 36.1 Å². The predicted octanol–water partition coefficient (Wildman–Crippen LogP) is 3.37. The van der Waals surface area contributed by atoms with Crippen LogP contribution in [0.2, 0.25) is 0 Å². The van der Waals surface area contributed by atoms with E-state index in [2.05, 4.69) is 16.9 Å². The number of benzene rings is 1. The molecule has 0 radical (unpaired) electrons. The molecule has 0 spiro atoms. The smallest absolute Gasteiger partial charge is 0.258 e. The van der Waals surface area contributed by atoms with Gasteiger partial charge in [0.1, 0.15) is 11.6 Å². The molecule has 2 N–H and O–H groups in total. The molecule has 5 nitrogen and oxygen atoms in total. The molecule has 0 unspecified atom stereocenters. The lowest BCUT2D eigenvalue weighted by Crippen LogP contribution is -2.19. The summed E-state index contributed by atoms with van der Waals surface area (Å²) in [6, 6.07) is 6.21. The summed E-state index contributed by atoms with van der Waals surface area (Å²) in [4.78, 5) is 20.6. The number of aromatic nitrogens is 3. The topological polar surface area (TPSA) is 73.8 Å². The first kappa shape index (κ1) is 16.1. The van der Waals surface area contributed by atoms with Crippen molar-refractivity contribution < 1.29 is 4.39 Å². The van der Waals surface area contributed by atoms with Gasteiger partial charge in [0.05, 0.1) is 10.9 Å². The summed E-state index contributed by atoms with van der Waals surface area (Å²) in [5.41, 5.74) is 5.69. The minimum absolute atomic E-state index is 0.178. The van der Waals surface area contributed by atoms with Gasteiger partial charge in [-0.2, -0.15) is 0 Å². The number of anilines is 1. The Hall–Kier alpha value is -2.76. The van der Waals surface area contributed by atoms with Gasteiger partial charge < -0.3 is 10.3 Å². The van der Waals surface area contributed by atoms with Crippen LogP contribution in [0.15, 0.2) is 41.5 Å². The van der Waals surface area contributed by atoms with E-state index in [0.717, 1.165) is 19.3 Å². The number of nitrogens with zero attached hydrogens (tertiary/aromatic N) is 3. The second-order valence-electron chi connectivity index (χ2n) is 5.75. The van der Waals surface area contributed by atoms with Crippen molar-refractivity contribution in [2.45, 2.75) is 32.7 Å². The van der Waals surface area contributed by atoms with Crippen molar-refractivity contribution in [1.29, 1.82) is 0 Å². The Labute approximate surface area is 139 Å². The SMILES string of the molecule is CCCCCn1ccc2cc(-c3nccc(N)n3)c(F)cc2c1=O. The molecule has 0 aliphatic rings. The molecule has 0 atom stereocenters. The molecule has 0 saturated carbocycles. The van der Waals surface area contributed by atoms with E-state index in [1.54, 1.807) is 16.8 Å². The van der Waals surface area contributed by atoms with Crippen molar-refractivity contribution in [3.05, 3.63) is 52.8 Å². The van der Waals surface area contributed by atoms with Gasteiger partial charge in [-0.3, -0.25) is 4.79 Å². The molecular weight excluding hydrogens is 307 g/mol. The minimum atomic E-state index is -0.531. The lowest BCUT2D eigenvalue weighted by atomic mass is 10.1. The van der Waals surface area contributed by atoms with Gasteiger partial charge in [-0.25, -0.2) is 14.4 Å². The second kappa shape index (κ2) is 6.78. The van der Waals surface area contributed by atoms with Crippen LogP contribution in [0.25, 0.3) is 22.2 Å². The zero-order valence-electron chi connectivity index (χ0n) is 13.5. The number of aryl methyl sites for hydroxylation is 1. The highest BCUT2D eigenvalue weighted by atomic mass is 19.1. The largest absolute Gasteiger partial charge is 0.384 e. The van der Waals surface area contributed by atoms with Gasteiger partial charge in [0.2, 0.25) is 0 Å². The van der Waals surface area contributed by atoms with Crippen LogP contribution in [0.4, 0.5) is 10.2 Å². The Bertz CT molecular complexity index is 936. The molecule has 6 heteroatoms. The molecule has 0 amide bonds. The van der Waals surface area contributed by atoms with Crippen molar-refractivity contribution in [2.75, 3.05) is 5.73 Å². The Morgan fingerprint density at radius 3 is 2.83 bits per heavy atom. The number of nitrogen functional groups attached to an aromatic ring is 1. The summed E-state index contributed by atoms with van der Waals surface area (Å²) in [5, 5.41) is 1.02. The second-order valence-corrected chi connectivity index (χ2v) is 5.75. The number of nitrogens with two attached hydrogens (primary N) is 1. The van der Waals surface area contributed by atoms with Crippen molar-refractivity contribution in [1.82, 2.24) is 14.5 Å². The maximum Gasteiger partial charge on any atom is 0.258 e. The number of pyridine rings is 1. The Morgan fingerprint density at radius 1 is 1.25 bits per heavy atom. The first-order valence-electron chi connectivity index (χ1n) is 8.01. The Morgan fingerprint density at radius 2 is 2.08 bits per heavy atom. The fourth-order valence-corrected chi connectivity index (χ4v) is 2.69. The molecule has 0 saturated heterocycles. The zero-order valence-corrected chi connectivity index (χ0v) is 13.5. The Balaban J connectivity index is 2.06. The van der Waals surface area contributed by atoms with Gasteiger partial charge in [0, 0.05) is 18.9 Å². The average molecular weight is 326 g/mol. The summed E-state index contributed by atoms with van der Waals surface area (Å²) in [6.45, 7) is 2.75. The number of hydrogen-bond donors (Lipinski definition) is 1. The number of halogens is 1. The molecule has 2 heterocycles. The van der Waals surface area contributed by atoms with E-state index in [1.165, 1.54) is 18.3 Å². The first-order valence-corrected chi connectivity index (χ1v) is 8.01. The van der Waals surface area contributed by atoms with Crippen LogP contribution in [0.3, 0.4) is 0 Å². The Kier molecular flexibility index (Phi) is 4.55. The van der Waals surface area contributed by atoms with E-state index in [9.17, 15) is 9.18 Å². The summed E-state index contributed by atoms with van der Waals surface area (Å²) >= 11 is 0. The highest BCUT2D eigenvalue weighted by molar-refractivity contribution is 5.86. The van der Waals surface area contributed by atoms with Crippen LogP contribution >= 0.6 is 0 Å². The molecule has 3 aromatic rings. The third-order valence-corrected chi connectivity index (χ3v) is 3.99. The maximum atomic E-state index is 14.5. The van der Waals surface area contributed by atoms with E-state index in [4.69, 9.17) is 5.73 Å². The zero-order chi connectivity index (χ0) is 17.1. The molecular formula is C18H19FN4O. The average Bonchev–Trinajstić information content (AvgIpc) is 2.57. The summed E-state index contributed by atoms with van der Waals surface area (Å²) in [7, 11) is 0. The van der Waals surface area contributed by atoms with E-state index in [0.29, 0.717) is 17.3 Å². The van der Waals surface area contributed by atoms with E-state index >= 15 is 0 Å². The van der Waals surface area contributed by atoms with E-state index in [-0.39, 0.29) is 22.8 Å². The number of unbranched alkanes of at least 4 members (excludes halogenated alkanes) is 2. The molecule has 124 valence electrons. The van der Waals surface area contributed by atoms with Gasteiger partial charge in [0.25, 0.3) is 5.56 Å². The van der Waals surface area contributed by atoms with Crippen LogP contribution in [-0.4, -0.2) is 14.5 Å². The van der Waals surface area contributed by atoms with Crippen LogP contribution in [0.5, 0.6) is 0 Å². The lowest BCUT2D eigenvalue weighted by molar-refractivity contribution is 0.590. The van der Waals surface area contributed by atoms with Crippen LogP contribution in [0, 0.1) is 5.82 Å². The monoisotopic (exact) mass is 326 g/mol. The highest BCUT2D eigenvalue weighted by Crippen LogP contribution is 2.24. The standard InChI is InChI=1S/C18H19FN4O/c1-2-3-4-8-23-9-6-12-10-14(15(19)11-13(12)18(23)24)17-21-7-5-16(20)22-17/h5-7,9-11H,2-4,8H2,1H3,(H2,20,21,22). The highest BCUT2D eigenvalue weighted by Gasteiger charge is 2.12. The van der Waals surface area contributed by atoms with Crippen LogP contribution < -0.4 is 11.3 Å². The minimum Gasteiger partial charge on any atom is -0.384 e. The van der Waals surface area contributed by atoms with Gasteiger partial charge in [-0.15, -0.1) is 0 Å². The van der Waals surface area contributed by atoms with Crippen molar-refractivity contribution in [3.8, 4) is 11.4 Å². The molecule has 3 rings (SSSR count). The first-order chi connectivity index (χ1) is 11.6. The molecule has 24 heavy (non-hydrogen) atoms. The number of hydrogen-bond acceptors (Lipinski definition) is 4. The van der Waals surface area contributed by atoms with E-state index < -0.39 is 5.82 Å². The molecule has 1 aromatic carbocycles. The molecule has 0 aliphatic carbocycles. The van der Waals surface area contributed by atoms with Gasteiger partial charge in [-0.1, -0.05) is 19.8 Å². The third kappa shape index (κ3) is 3.13. The van der Waals surface area contributed by atoms with Crippen molar-refractivity contribution >= 4 is 16.6 Å². The molecule has 0 aliphatic heterocycles. The molecule has 0 fully saturated rings. The fraction of sp³-hybridized carbons (Fsp3) is 0.278. The number of fused-ring (bicyclic) bond motifs is 1.